The number of carbonyl (C=O) groups is 1. The van der Waals surface area contributed by atoms with Crippen LogP contribution in [0.5, 0.6) is 0 Å². The number of hydrogen-bond acceptors (Lipinski definition) is 3. The fourth-order valence-corrected chi connectivity index (χ4v) is 2.01. The Morgan fingerprint density at radius 1 is 1.53 bits per heavy atom. The maximum atomic E-state index is 11.2. The number of rotatable bonds is 4. The molecule has 3 atom stereocenters. The number of amides is 1. The number of carbonyl (C=O) groups excluding carboxylic acids is 1. The van der Waals surface area contributed by atoms with E-state index in [1.165, 1.54) is 0 Å². The summed E-state index contributed by atoms with van der Waals surface area (Å²) < 4.78 is 0. The second kappa shape index (κ2) is 4.10. The van der Waals surface area contributed by atoms with Crippen LogP contribution in [0.4, 0.5) is 0 Å². The van der Waals surface area contributed by atoms with Gasteiger partial charge in [0.1, 0.15) is 0 Å². The molecule has 0 heterocycles. The Bertz CT molecular complexity index is 251. The first kappa shape index (κ1) is 12.5. The van der Waals surface area contributed by atoms with Gasteiger partial charge in [0.15, 0.2) is 0 Å². The predicted molar refractivity (Wildman–Crippen MR) is 59.1 cm³/mol. The fourth-order valence-electron chi connectivity index (χ4n) is 2.01. The maximum absolute atomic E-state index is 11.2. The highest BCUT2D eigenvalue weighted by atomic mass is 16.3. The number of primary amides is 1. The van der Waals surface area contributed by atoms with Crippen molar-refractivity contribution in [1.82, 2.24) is 5.32 Å². The van der Waals surface area contributed by atoms with Crippen molar-refractivity contribution in [1.29, 1.82) is 0 Å². The predicted octanol–water partition coefficient (Wildman–Crippen LogP) is 0.245. The lowest BCUT2D eigenvalue weighted by molar-refractivity contribution is -0.124. The number of aliphatic hydroxyl groups excluding tert-OH is 1. The van der Waals surface area contributed by atoms with Gasteiger partial charge >= 0.3 is 0 Å². The molecule has 0 aromatic rings. The summed E-state index contributed by atoms with van der Waals surface area (Å²) in [4.78, 5) is 11.2. The fraction of sp³-hybridized carbons (Fsp3) is 0.909. The molecule has 1 fully saturated rings. The van der Waals surface area contributed by atoms with Crippen molar-refractivity contribution in [3.8, 4) is 0 Å². The molecule has 0 radical (unpaired) electrons. The molecule has 4 heteroatoms. The van der Waals surface area contributed by atoms with Crippen LogP contribution in [0.3, 0.4) is 0 Å². The van der Waals surface area contributed by atoms with Gasteiger partial charge in [0, 0.05) is 11.5 Å². The van der Waals surface area contributed by atoms with Crippen molar-refractivity contribution in [2.75, 3.05) is 0 Å². The Morgan fingerprint density at radius 2 is 2.07 bits per heavy atom. The molecule has 1 rings (SSSR count). The molecule has 88 valence electrons. The molecule has 0 aromatic heterocycles. The zero-order chi connectivity index (χ0) is 11.8. The number of aliphatic hydroxyl groups is 1. The second-order valence-electron chi connectivity index (χ2n) is 5.42. The largest absolute Gasteiger partial charge is 0.392 e. The molecule has 0 bridgehead atoms. The quantitative estimate of drug-likeness (QED) is 0.627. The van der Waals surface area contributed by atoms with E-state index >= 15 is 0 Å². The Morgan fingerprint density at radius 3 is 2.33 bits per heavy atom. The SMILES string of the molecule is CC(C)C(NC1CC(O)C1(C)C)C(N)=O. The van der Waals surface area contributed by atoms with Crippen molar-refractivity contribution < 1.29 is 9.90 Å². The molecule has 1 aliphatic rings. The molecular formula is C11H22N2O2. The summed E-state index contributed by atoms with van der Waals surface area (Å²) in [5, 5.41) is 12.8. The van der Waals surface area contributed by atoms with Crippen LogP contribution in [-0.2, 0) is 4.79 Å². The van der Waals surface area contributed by atoms with Crippen LogP contribution < -0.4 is 11.1 Å². The van der Waals surface area contributed by atoms with Crippen molar-refractivity contribution in [2.45, 2.75) is 52.3 Å². The van der Waals surface area contributed by atoms with E-state index in [1.54, 1.807) is 0 Å². The smallest absolute Gasteiger partial charge is 0.234 e. The Balaban J connectivity index is 2.58. The lowest BCUT2D eigenvalue weighted by Crippen LogP contribution is -2.64. The Labute approximate surface area is 91.2 Å². The van der Waals surface area contributed by atoms with Gasteiger partial charge in [0.2, 0.25) is 5.91 Å². The van der Waals surface area contributed by atoms with Crippen LogP contribution in [0, 0.1) is 11.3 Å². The Kier molecular flexibility index (Phi) is 3.41. The van der Waals surface area contributed by atoms with E-state index in [0.29, 0.717) is 6.42 Å². The van der Waals surface area contributed by atoms with Gasteiger partial charge in [0.05, 0.1) is 12.1 Å². The van der Waals surface area contributed by atoms with Gasteiger partial charge in [0.25, 0.3) is 0 Å². The Hall–Kier alpha value is -0.610. The summed E-state index contributed by atoms with van der Waals surface area (Å²) in [5.74, 6) is -0.141. The molecule has 1 saturated carbocycles. The molecule has 15 heavy (non-hydrogen) atoms. The summed E-state index contributed by atoms with van der Waals surface area (Å²) >= 11 is 0. The lowest BCUT2D eigenvalue weighted by atomic mass is 9.64. The average Bonchev–Trinajstić information content (AvgIpc) is 2.10. The van der Waals surface area contributed by atoms with Crippen molar-refractivity contribution in [2.24, 2.45) is 17.1 Å². The maximum Gasteiger partial charge on any atom is 0.234 e. The summed E-state index contributed by atoms with van der Waals surface area (Å²) in [6.07, 6.45) is 0.416. The van der Waals surface area contributed by atoms with E-state index in [9.17, 15) is 9.90 Å². The molecule has 4 N–H and O–H groups in total. The third-order valence-electron chi connectivity index (χ3n) is 3.57. The second-order valence-corrected chi connectivity index (χ2v) is 5.42. The van der Waals surface area contributed by atoms with Gasteiger partial charge in [-0.05, 0) is 12.3 Å². The highest BCUT2D eigenvalue weighted by Crippen LogP contribution is 2.40. The van der Waals surface area contributed by atoms with Gasteiger partial charge in [-0.25, -0.2) is 0 Å². The molecule has 0 saturated heterocycles. The van der Waals surface area contributed by atoms with Gasteiger partial charge in [-0.2, -0.15) is 0 Å². The summed E-state index contributed by atoms with van der Waals surface area (Å²) in [5.41, 5.74) is 5.16. The topological polar surface area (TPSA) is 75.3 Å². The highest BCUT2D eigenvalue weighted by molar-refractivity contribution is 5.80. The minimum atomic E-state index is -0.317. The summed E-state index contributed by atoms with van der Waals surface area (Å²) in [6, 6.07) is -0.130. The van der Waals surface area contributed by atoms with Gasteiger partial charge in [-0.3, -0.25) is 4.79 Å². The number of nitrogens with one attached hydrogen (secondary N) is 1. The van der Waals surface area contributed by atoms with E-state index in [0.717, 1.165) is 0 Å². The summed E-state index contributed by atoms with van der Waals surface area (Å²) in [6.45, 7) is 7.92. The van der Waals surface area contributed by atoms with Crippen LogP contribution >= 0.6 is 0 Å². The van der Waals surface area contributed by atoms with E-state index in [1.807, 2.05) is 27.7 Å². The van der Waals surface area contributed by atoms with Crippen LogP contribution in [0.1, 0.15) is 34.1 Å². The van der Waals surface area contributed by atoms with E-state index in [2.05, 4.69) is 5.32 Å². The van der Waals surface area contributed by atoms with Crippen LogP contribution in [0.2, 0.25) is 0 Å². The number of nitrogens with two attached hydrogens (primary N) is 1. The minimum absolute atomic E-state index is 0.164. The molecule has 3 unspecified atom stereocenters. The third-order valence-corrected chi connectivity index (χ3v) is 3.57. The van der Waals surface area contributed by atoms with E-state index < -0.39 is 0 Å². The zero-order valence-corrected chi connectivity index (χ0v) is 9.95. The van der Waals surface area contributed by atoms with Crippen molar-refractivity contribution in [3.05, 3.63) is 0 Å². The molecule has 0 aromatic carbocycles. The molecule has 4 nitrogen and oxygen atoms in total. The van der Waals surface area contributed by atoms with Gasteiger partial charge < -0.3 is 16.2 Å². The molecular weight excluding hydrogens is 192 g/mol. The molecule has 1 aliphatic carbocycles. The standard InChI is InChI=1S/C11H22N2O2/c1-6(2)9(10(12)15)13-7-5-8(14)11(7,3)4/h6-9,13-14H,5H2,1-4H3,(H2,12,15). The monoisotopic (exact) mass is 214 g/mol. The van der Waals surface area contributed by atoms with Crippen LogP contribution in [-0.4, -0.2) is 29.2 Å². The normalized spacial score (nSPS) is 31.1. The lowest BCUT2D eigenvalue weighted by Gasteiger charge is -2.51. The van der Waals surface area contributed by atoms with E-state index in [-0.39, 0.29) is 35.4 Å². The van der Waals surface area contributed by atoms with Gasteiger partial charge in [-0.1, -0.05) is 27.7 Å². The van der Waals surface area contributed by atoms with E-state index in [4.69, 9.17) is 5.73 Å². The first-order valence-electron chi connectivity index (χ1n) is 5.50. The first-order chi connectivity index (χ1) is 6.76. The van der Waals surface area contributed by atoms with Crippen LogP contribution in [0.15, 0.2) is 0 Å². The van der Waals surface area contributed by atoms with Crippen molar-refractivity contribution in [3.63, 3.8) is 0 Å². The van der Waals surface area contributed by atoms with Gasteiger partial charge in [-0.15, -0.1) is 0 Å². The highest BCUT2D eigenvalue weighted by Gasteiger charge is 2.48. The average molecular weight is 214 g/mol. The van der Waals surface area contributed by atoms with Crippen LogP contribution in [0.25, 0.3) is 0 Å². The molecule has 0 aliphatic heterocycles. The molecule has 0 spiro atoms. The minimum Gasteiger partial charge on any atom is -0.392 e. The van der Waals surface area contributed by atoms with Crippen molar-refractivity contribution >= 4 is 5.91 Å². The number of hydrogen-bond donors (Lipinski definition) is 3. The zero-order valence-electron chi connectivity index (χ0n) is 9.95. The third kappa shape index (κ3) is 2.32. The first-order valence-corrected chi connectivity index (χ1v) is 5.50. The molecule has 1 amide bonds. The summed E-state index contributed by atoms with van der Waals surface area (Å²) in [7, 11) is 0.